The van der Waals surface area contributed by atoms with E-state index in [1.807, 2.05) is 0 Å². The van der Waals surface area contributed by atoms with Crippen LogP contribution in [-0.2, 0) is 6.61 Å². The Labute approximate surface area is 108 Å². The molecule has 2 nitrogen and oxygen atoms in total. The molecule has 2 N–H and O–H groups in total. The van der Waals surface area contributed by atoms with Crippen LogP contribution in [0.4, 0.5) is 14.5 Å². The molecule has 18 heavy (non-hydrogen) atoms. The fraction of sp³-hybridized carbons (Fsp3) is 0.0769. The summed E-state index contributed by atoms with van der Waals surface area (Å²) in [7, 11) is 0. The molecule has 94 valence electrons. The van der Waals surface area contributed by atoms with E-state index in [9.17, 15) is 8.78 Å². The van der Waals surface area contributed by atoms with Crippen LogP contribution in [0.15, 0.2) is 36.4 Å². The van der Waals surface area contributed by atoms with E-state index >= 15 is 0 Å². The van der Waals surface area contributed by atoms with E-state index in [0.29, 0.717) is 11.3 Å². The van der Waals surface area contributed by atoms with Gasteiger partial charge in [-0.2, -0.15) is 0 Å². The Morgan fingerprint density at radius 3 is 2.67 bits per heavy atom. The number of nitrogen functional groups attached to an aromatic ring is 1. The van der Waals surface area contributed by atoms with Gasteiger partial charge in [0.2, 0.25) is 0 Å². The fourth-order valence-corrected chi connectivity index (χ4v) is 1.60. The zero-order valence-electron chi connectivity index (χ0n) is 9.29. The Bertz CT molecular complexity index is 575. The second-order valence-electron chi connectivity index (χ2n) is 3.69. The predicted octanol–water partition coefficient (Wildman–Crippen LogP) is 3.78. The molecule has 0 amide bonds. The summed E-state index contributed by atoms with van der Waals surface area (Å²) in [4.78, 5) is 0. The molecule has 0 aromatic heterocycles. The summed E-state index contributed by atoms with van der Waals surface area (Å²) in [6, 6.07) is 8.63. The molecule has 0 aliphatic carbocycles. The molecule has 0 fully saturated rings. The van der Waals surface area contributed by atoms with Crippen LogP contribution < -0.4 is 10.5 Å². The Morgan fingerprint density at radius 2 is 1.94 bits per heavy atom. The summed E-state index contributed by atoms with van der Waals surface area (Å²) >= 11 is 5.60. The predicted molar refractivity (Wildman–Crippen MR) is 66.6 cm³/mol. The number of nitrogens with two attached hydrogens (primary N) is 1. The van der Waals surface area contributed by atoms with E-state index < -0.39 is 11.6 Å². The average molecular weight is 270 g/mol. The second-order valence-corrected chi connectivity index (χ2v) is 4.10. The molecule has 2 rings (SSSR count). The van der Waals surface area contributed by atoms with Gasteiger partial charge in [-0.05, 0) is 24.3 Å². The van der Waals surface area contributed by atoms with E-state index in [4.69, 9.17) is 22.1 Å². The molecule has 2 aromatic carbocycles. The van der Waals surface area contributed by atoms with E-state index in [-0.39, 0.29) is 17.4 Å². The third kappa shape index (κ3) is 2.71. The molecule has 0 saturated heterocycles. The third-order valence-electron chi connectivity index (χ3n) is 2.38. The lowest BCUT2D eigenvalue weighted by atomic mass is 10.2. The van der Waals surface area contributed by atoms with Gasteiger partial charge in [0.05, 0.1) is 5.02 Å². The van der Waals surface area contributed by atoms with Gasteiger partial charge >= 0.3 is 0 Å². The van der Waals surface area contributed by atoms with Gasteiger partial charge in [0.1, 0.15) is 12.4 Å². The molecule has 2 aromatic rings. The molecule has 0 aliphatic heterocycles. The molecule has 0 heterocycles. The maximum Gasteiger partial charge on any atom is 0.183 e. The van der Waals surface area contributed by atoms with Crippen LogP contribution in [0.2, 0.25) is 5.02 Å². The van der Waals surface area contributed by atoms with Crippen molar-refractivity contribution < 1.29 is 13.5 Å². The van der Waals surface area contributed by atoms with E-state index in [1.165, 1.54) is 24.3 Å². The van der Waals surface area contributed by atoms with Crippen molar-refractivity contribution in [3.8, 4) is 5.75 Å². The first-order chi connectivity index (χ1) is 8.58. The highest BCUT2D eigenvalue weighted by Crippen LogP contribution is 2.25. The normalized spacial score (nSPS) is 10.4. The van der Waals surface area contributed by atoms with Crippen molar-refractivity contribution in [1.82, 2.24) is 0 Å². The highest BCUT2D eigenvalue weighted by atomic mass is 35.5. The molecular weight excluding hydrogens is 260 g/mol. The number of rotatable bonds is 3. The summed E-state index contributed by atoms with van der Waals surface area (Å²) in [5.74, 6) is -1.16. The van der Waals surface area contributed by atoms with Crippen molar-refractivity contribution in [2.24, 2.45) is 0 Å². The van der Waals surface area contributed by atoms with Gasteiger partial charge in [-0.15, -0.1) is 0 Å². The van der Waals surface area contributed by atoms with Gasteiger partial charge in [0.15, 0.2) is 11.6 Å². The first-order valence-corrected chi connectivity index (χ1v) is 5.56. The lowest BCUT2D eigenvalue weighted by Gasteiger charge is -2.09. The van der Waals surface area contributed by atoms with Crippen molar-refractivity contribution in [2.45, 2.75) is 6.61 Å². The summed E-state index contributed by atoms with van der Waals surface area (Å²) in [6.07, 6.45) is 0. The van der Waals surface area contributed by atoms with E-state index in [1.54, 1.807) is 12.1 Å². The minimum absolute atomic E-state index is 0.0151. The Morgan fingerprint density at radius 1 is 1.17 bits per heavy atom. The van der Waals surface area contributed by atoms with Crippen molar-refractivity contribution in [2.75, 3.05) is 5.73 Å². The van der Waals surface area contributed by atoms with E-state index in [0.717, 1.165) is 0 Å². The molecule has 0 aliphatic rings. The molecule has 0 saturated carbocycles. The molecular formula is C13H10ClF2NO. The van der Waals surface area contributed by atoms with Crippen molar-refractivity contribution in [1.29, 1.82) is 0 Å². The monoisotopic (exact) mass is 269 g/mol. The average Bonchev–Trinajstić information content (AvgIpc) is 2.33. The Balaban J connectivity index is 2.14. The zero-order chi connectivity index (χ0) is 13.1. The van der Waals surface area contributed by atoms with E-state index in [2.05, 4.69) is 0 Å². The van der Waals surface area contributed by atoms with Gasteiger partial charge in [-0.3, -0.25) is 0 Å². The standard InChI is InChI=1S/C13H10ClF2NO/c14-10-2-1-3-12(13(10)16)18-7-8-4-5-9(17)6-11(8)15/h1-6H,7,17H2. The van der Waals surface area contributed by atoms with Crippen LogP contribution >= 0.6 is 11.6 Å². The number of ether oxygens (including phenoxy) is 1. The Kier molecular flexibility index (Phi) is 3.67. The molecule has 0 bridgehead atoms. The molecule has 0 spiro atoms. The quantitative estimate of drug-likeness (QED) is 0.861. The van der Waals surface area contributed by atoms with Crippen LogP contribution in [0.1, 0.15) is 5.56 Å². The number of anilines is 1. The summed E-state index contributed by atoms with van der Waals surface area (Å²) in [5.41, 5.74) is 6.04. The Hall–Kier alpha value is -1.81. The second kappa shape index (κ2) is 5.23. The fourth-order valence-electron chi connectivity index (χ4n) is 1.43. The summed E-state index contributed by atoms with van der Waals surface area (Å²) in [5, 5.41) is -0.0368. The van der Waals surface area contributed by atoms with Crippen molar-refractivity contribution in [3.63, 3.8) is 0 Å². The van der Waals surface area contributed by atoms with Crippen LogP contribution in [0.3, 0.4) is 0 Å². The van der Waals surface area contributed by atoms with Gasteiger partial charge in [-0.25, -0.2) is 8.78 Å². The highest BCUT2D eigenvalue weighted by molar-refractivity contribution is 6.30. The van der Waals surface area contributed by atoms with Crippen LogP contribution in [-0.4, -0.2) is 0 Å². The van der Waals surface area contributed by atoms with Crippen LogP contribution in [0.25, 0.3) is 0 Å². The van der Waals surface area contributed by atoms with Crippen LogP contribution in [0, 0.1) is 11.6 Å². The lowest BCUT2D eigenvalue weighted by molar-refractivity contribution is 0.285. The molecule has 5 heteroatoms. The molecule has 0 unspecified atom stereocenters. The largest absolute Gasteiger partial charge is 0.486 e. The van der Waals surface area contributed by atoms with Crippen LogP contribution in [0.5, 0.6) is 5.75 Å². The topological polar surface area (TPSA) is 35.2 Å². The van der Waals surface area contributed by atoms with Gasteiger partial charge < -0.3 is 10.5 Å². The first kappa shape index (κ1) is 12.6. The number of hydrogen-bond acceptors (Lipinski definition) is 2. The minimum Gasteiger partial charge on any atom is -0.486 e. The lowest BCUT2D eigenvalue weighted by Crippen LogP contribution is -2.01. The highest BCUT2D eigenvalue weighted by Gasteiger charge is 2.09. The summed E-state index contributed by atoms with van der Waals surface area (Å²) in [6.45, 7) is -0.0939. The van der Waals surface area contributed by atoms with Crippen molar-refractivity contribution >= 4 is 17.3 Å². The smallest absolute Gasteiger partial charge is 0.183 e. The number of benzene rings is 2. The van der Waals surface area contributed by atoms with Gasteiger partial charge in [-0.1, -0.05) is 23.7 Å². The number of halogens is 3. The zero-order valence-corrected chi connectivity index (χ0v) is 10.0. The number of hydrogen-bond donors (Lipinski definition) is 1. The third-order valence-corrected chi connectivity index (χ3v) is 2.67. The van der Waals surface area contributed by atoms with Crippen molar-refractivity contribution in [3.05, 3.63) is 58.6 Å². The molecule has 0 atom stereocenters. The first-order valence-electron chi connectivity index (χ1n) is 5.18. The summed E-state index contributed by atoms with van der Waals surface area (Å²) < 4.78 is 32.1. The SMILES string of the molecule is Nc1ccc(COc2cccc(Cl)c2F)c(F)c1. The van der Waals surface area contributed by atoms with Gasteiger partial charge in [0.25, 0.3) is 0 Å². The minimum atomic E-state index is -0.657. The maximum atomic E-state index is 13.5. The molecule has 0 radical (unpaired) electrons. The maximum absolute atomic E-state index is 13.5. The van der Waals surface area contributed by atoms with Gasteiger partial charge in [0, 0.05) is 11.3 Å².